The maximum absolute atomic E-state index is 5.30. The van der Waals surface area contributed by atoms with E-state index in [9.17, 15) is 0 Å². The number of ether oxygens (including phenoxy) is 1. The SMILES string of the molecule is COc1nc2sccn2c1CNCc1ccncn1. The van der Waals surface area contributed by atoms with Gasteiger partial charge in [0.25, 0.3) is 0 Å². The smallest absolute Gasteiger partial charge is 0.237 e. The lowest BCUT2D eigenvalue weighted by Gasteiger charge is -2.05. The van der Waals surface area contributed by atoms with Gasteiger partial charge in [-0.2, -0.15) is 4.98 Å². The maximum Gasteiger partial charge on any atom is 0.237 e. The molecule has 3 aromatic rings. The molecule has 0 saturated carbocycles. The average molecular weight is 275 g/mol. The molecule has 98 valence electrons. The Bertz CT molecular complexity index is 663. The van der Waals surface area contributed by atoms with Gasteiger partial charge in [0.1, 0.15) is 12.0 Å². The predicted molar refractivity (Wildman–Crippen MR) is 72.2 cm³/mol. The summed E-state index contributed by atoms with van der Waals surface area (Å²) in [6.07, 6.45) is 5.28. The Morgan fingerprint density at radius 2 is 2.37 bits per heavy atom. The zero-order chi connectivity index (χ0) is 13.1. The molecule has 0 spiro atoms. The standard InChI is InChI=1S/C12H13N5OS/c1-18-11-10(17-4-5-19-12(17)16-11)7-14-6-9-2-3-13-8-15-9/h2-5,8,14H,6-7H2,1H3. The highest BCUT2D eigenvalue weighted by Crippen LogP contribution is 2.22. The number of methoxy groups -OCH3 is 1. The lowest BCUT2D eigenvalue weighted by Crippen LogP contribution is -2.15. The molecule has 0 fully saturated rings. The summed E-state index contributed by atoms with van der Waals surface area (Å²) >= 11 is 1.59. The van der Waals surface area contributed by atoms with E-state index < -0.39 is 0 Å². The number of aromatic nitrogens is 4. The van der Waals surface area contributed by atoms with Gasteiger partial charge < -0.3 is 10.1 Å². The van der Waals surface area contributed by atoms with Crippen molar-refractivity contribution in [1.29, 1.82) is 0 Å². The Kier molecular flexibility index (Phi) is 3.39. The number of nitrogens with one attached hydrogen (secondary N) is 1. The lowest BCUT2D eigenvalue weighted by molar-refractivity contribution is 0.392. The van der Waals surface area contributed by atoms with Crippen LogP contribution in [0.25, 0.3) is 4.96 Å². The molecule has 0 aliphatic carbocycles. The van der Waals surface area contributed by atoms with E-state index in [0.29, 0.717) is 19.0 Å². The van der Waals surface area contributed by atoms with Crippen LogP contribution in [0.1, 0.15) is 11.4 Å². The number of nitrogens with zero attached hydrogens (tertiary/aromatic N) is 4. The van der Waals surface area contributed by atoms with Crippen molar-refractivity contribution < 1.29 is 4.74 Å². The summed E-state index contributed by atoms with van der Waals surface area (Å²) in [5.74, 6) is 0.669. The summed E-state index contributed by atoms with van der Waals surface area (Å²) in [6.45, 7) is 1.36. The normalized spacial score (nSPS) is 11.0. The first kappa shape index (κ1) is 12.1. The van der Waals surface area contributed by atoms with Gasteiger partial charge in [0, 0.05) is 30.9 Å². The summed E-state index contributed by atoms with van der Waals surface area (Å²) in [6, 6.07) is 1.89. The number of thiazole rings is 1. The molecule has 0 aromatic carbocycles. The Balaban J connectivity index is 1.72. The fraction of sp³-hybridized carbons (Fsp3) is 0.250. The van der Waals surface area contributed by atoms with Crippen molar-refractivity contribution in [3.05, 3.63) is 41.6 Å². The monoisotopic (exact) mass is 275 g/mol. The molecular weight excluding hydrogens is 262 g/mol. The van der Waals surface area contributed by atoms with Gasteiger partial charge in [-0.1, -0.05) is 0 Å². The first-order chi connectivity index (χ1) is 9.38. The van der Waals surface area contributed by atoms with Crippen LogP contribution in [0.4, 0.5) is 0 Å². The third-order valence-corrected chi connectivity index (χ3v) is 3.52. The van der Waals surface area contributed by atoms with Crippen molar-refractivity contribution >= 4 is 16.3 Å². The number of rotatable bonds is 5. The molecule has 0 unspecified atom stereocenters. The second kappa shape index (κ2) is 5.33. The average Bonchev–Trinajstić information content (AvgIpc) is 3.02. The molecule has 19 heavy (non-hydrogen) atoms. The number of hydrogen-bond acceptors (Lipinski definition) is 6. The van der Waals surface area contributed by atoms with Crippen molar-refractivity contribution in [2.45, 2.75) is 13.1 Å². The van der Waals surface area contributed by atoms with Crippen molar-refractivity contribution in [3.63, 3.8) is 0 Å². The van der Waals surface area contributed by atoms with E-state index in [4.69, 9.17) is 4.74 Å². The zero-order valence-corrected chi connectivity index (χ0v) is 11.2. The summed E-state index contributed by atoms with van der Waals surface area (Å²) in [4.78, 5) is 13.4. The van der Waals surface area contributed by atoms with Gasteiger partial charge >= 0.3 is 0 Å². The van der Waals surface area contributed by atoms with E-state index in [1.165, 1.54) is 0 Å². The van der Waals surface area contributed by atoms with Crippen LogP contribution >= 0.6 is 11.3 Å². The van der Waals surface area contributed by atoms with E-state index in [2.05, 4.69) is 20.3 Å². The summed E-state index contributed by atoms with van der Waals surface area (Å²) in [5, 5.41) is 5.34. The largest absolute Gasteiger partial charge is 0.480 e. The second-order valence-electron chi connectivity index (χ2n) is 3.93. The molecular formula is C12H13N5OS. The van der Waals surface area contributed by atoms with Gasteiger partial charge in [-0.05, 0) is 6.07 Å². The molecule has 0 saturated heterocycles. The van der Waals surface area contributed by atoms with Gasteiger partial charge in [-0.25, -0.2) is 9.97 Å². The summed E-state index contributed by atoms with van der Waals surface area (Å²) < 4.78 is 7.34. The minimum atomic E-state index is 0.669. The van der Waals surface area contributed by atoms with Crippen LogP contribution in [0.2, 0.25) is 0 Å². The number of fused-ring (bicyclic) bond motifs is 1. The molecule has 6 nitrogen and oxygen atoms in total. The lowest BCUT2D eigenvalue weighted by atomic mass is 10.4. The molecule has 0 atom stereocenters. The second-order valence-corrected chi connectivity index (χ2v) is 4.80. The van der Waals surface area contributed by atoms with Gasteiger partial charge in [-0.15, -0.1) is 11.3 Å². The Labute approximate surface area is 114 Å². The van der Waals surface area contributed by atoms with Crippen LogP contribution in [-0.4, -0.2) is 26.5 Å². The molecule has 7 heteroatoms. The fourth-order valence-corrected chi connectivity index (χ4v) is 2.59. The van der Waals surface area contributed by atoms with Crippen molar-refractivity contribution in [2.75, 3.05) is 7.11 Å². The van der Waals surface area contributed by atoms with Crippen molar-refractivity contribution in [1.82, 2.24) is 24.7 Å². The first-order valence-corrected chi connectivity index (χ1v) is 6.70. The minimum absolute atomic E-state index is 0.669. The molecule has 3 heterocycles. The molecule has 0 aliphatic rings. The molecule has 0 radical (unpaired) electrons. The van der Waals surface area contributed by atoms with Crippen LogP contribution in [0.5, 0.6) is 5.88 Å². The van der Waals surface area contributed by atoms with Crippen LogP contribution in [0.15, 0.2) is 30.2 Å². The van der Waals surface area contributed by atoms with E-state index >= 15 is 0 Å². The quantitative estimate of drug-likeness (QED) is 0.764. The highest BCUT2D eigenvalue weighted by molar-refractivity contribution is 7.15. The van der Waals surface area contributed by atoms with Gasteiger partial charge in [-0.3, -0.25) is 4.40 Å². The van der Waals surface area contributed by atoms with Crippen molar-refractivity contribution in [2.24, 2.45) is 0 Å². The van der Waals surface area contributed by atoms with E-state index in [1.54, 1.807) is 31.0 Å². The fourth-order valence-electron chi connectivity index (χ4n) is 1.87. The third kappa shape index (κ3) is 2.42. The highest BCUT2D eigenvalue weighted by atomic mass is 32.1. The number of hydrogen-bond donors (Lipinski definition) is 1. The maximum atomic E-state index is 5.30. The highest BCUT2D eigenvalue weighted by Gasteiger charge is 2.12. The number of imidazole rings is 1. The summed E-state index contributed by atoms with van der Waals surface area (Å²) in [5.41, 5.74) is 1.98. The molecule has 0 bridgehead atoms. The molecule has 3 rings (SSSR count). The van der Waals surface area contributed by atoms with Gasteiger partial charge in [0.15, 0.2) is 4.96 Å². The zero-order valence-electron chi connectivity index (χ0n) is 10.4. The van der Waals surface area contributed by atoms with Crippen LogP contribution < -0.4 is 10.1 Å². The van der Waals surface area contributed by atoms with E-state index in [0.717, 1.165) is 16.3 Å². The molecule has 0 amide bonds. The van der Waals surface area contributed by atoms with Crippen LogP contribution in [0, 0.1) is 0 Å². The van der Waals surface area contributed by atoms with Gasteiger partial charge in [0.05, 0.1) is 12.8 Å². The Hall–Kier alpha value is -1.99. The van der Waals surface area contributed by atoms with Gasteiger partial charge in [0.2, 0.25) is 5.88 Å². The Morgan fingerprint density at radius 1 is 1.42 bits per heavy atom. The van der Waals surface area contributed by atoms with E-state index in [-0.39, 0.29) is 0 Å². The van der Waals surface area contributed by atoms with Crippen LogP contribution in [0.3, 0.4) is 0 Å². The minimum Gasteiger partial charge on any atom is -0.480 e. The van der Waals surface area contributed by atoms with Crippen molar-refractivity contribution in [3.8, 4) is 5.88 Å². The summed E-state index contributed by atoms with van der Waals surface area (Å²) in [7, 11) is 1.64. The topological polar surface area (TPSA) is 64.3 Å². The predicted octanol–water partition coefficient (Wildman–Crippen LogP) is 1.48. The third-order valence-electron chi connectivity index (χ3n) is 2.76. The molecule has 0 aliphatic heterocycles. The molecule has 1 N–H and O–H groups in total. The molecule has 3 aromatic heterocycles. The first-order valence-electron chi connectivity index (χ1n) is 5.82. The Morgan fingerprint density at radius 3 is 3.16 bits per heavy atom. The van der Waals surface area contributed by atoms with E-state index in [1.807, 2.05) is 22.0 Å². The van der Waals surface area contributed by atoms with Crippen LogP contribution in [-0.2, 0) is 13.1 Å².